The van der Waals surface area contributed by atoms with Gasteiger partial charge in [-0.05, 0) is 38.6 Å². The lowest BCUT2D eigenvalue weighted by molar-refractivity contribution is 0.316. The van der Waals surface area contributed by atoms with Crippen molar-refractivity contribution in [3.05, 3.63) is 46.8 Å². The molecule has 1 heterocycles. The second-order valence-corrected chi connectivity index (χ2v) is 5.30. The minimum Gasteiger partial charge on any atom is -0.497 e. The molecule has 108 valence electrons. The zero-order valence-electron chi connectivity index (χ0n) is 13.0. The smallest absolute Gasteiger partial charge is 0.119 e. The molecule has 0 saturated heterocycles. The molecule has 0 bridgehead atoms. The summed E-state index contributed by atoms with van der Waals surface area (Å²) in [5, 5.41) is 4.47. The van der Waals surface area contributed by atoms with Crippen LogP contribution in [0, 0.1) is 13.8 Å². The van der Waals surface area contributed by atoms with E-state index in [0.29, 0.717) is 0 Å². The third-order valence-corrected chi connectivity index (χ3v) is 3.67. The second kappa shape index (κ2) is 6.09. The summed E-state index contributed by atoms with van der Waals surface area (Å²) >= 11 is 0. The molecule has 0 amide bonds. The highest BCUT2D eigenvalue weighted by Gasteiger charge is 2.11. The Labute approximate surface area is 121 Å². The summed E-state index contributed by atoms with van der Waals surface area (Å²) in [4.78, 5) is 2.30. The van der Waals surface area contributed by atoms with Gasteiger partial charge in [0, 0.05) is 31.4 Å². The minimum absolute atomic E-state index is 0.894. The third kappa shape index (κ3) is 3.20. The van der Waals surface area contributed by atoms with Crippen molar-refractivity contribution in [1.82, 2.24) is 14.7 Å². The van der Waals surface area contributed by atoms with Crippen LogP contribution in [0.4, 0.5) is 0 Å². The third-order valence-electron chi connectivity index (χ3n) is 3.67. The molecular weight excluding hydrogens is 250 g/mol. The number of hydrogen-bond acceptors (Lipinski definition) is 3. The Balaban J connectivity index is 2.06. The van der Waals surface area contributed by atoms with E-state index in [0.717, 1.165) is 24.5 Å². The van der Waals surface area contributed by atoms with Gasteiger partial charge in [0.05, 0.1) is 12.8 Å². The first kappa shape index (κ1) is 14.6. The maximum absolute atomic E-state index is 5.26. The van der Waals surface area contributed by atoms with E-state index in [1.807, 2.05) is 23.9 Å². The SMILES string of the molecule is COc1cccc(CN(C)Cc2c(C)nn(C)c2C)c1. The molecular formula is C16H23N3O. The summed E-state index contributed by atoms with van der Waals surface area (Å²) in [6, 6.07) is 8.21. The fourth-order valence-corrected chi connectivity index (χ4v) is 2.45. The average molecular weight is 273 g/mol. The van der Waals surface area contributed by atoms with Crippen molar-refractivity contribution in [2.75, 3.05) is 14.2 Å². The minimum atomic E-state index is 0.894. The predicted octanol–water partition coefficient (Wildman–Crippen LogP) is 2.68. The van der Waals surface area contributed by atoms with Crippen molar-refractivity contribution < 1.29 is 4.74 Å². The molecule has 0 aliphatic heterocycles. The van der Waals surface area contributed by atoms with Gasteiger partial charge in [-0.2, -0.15) is 5.10 Å². The highest BCUT2D eigenvalue weighted by Crippen LogP contribution is 2.17. The predicted molar refractivity (Wildman–Crippen MR) is 80.8 cm³/mol. The molecule has 0 aliphatic carbocycles. The van der Waals surface area contributed by atoms with E-state index in [-0.39, 0.29) is 0 Å². The highest BCUT2D eigenvalue weighted by atomic mass is 16.5. The number of hydrogen-bond donors (Lipinski definition) is 0. The lowest BCUT2D eigenvalue weighted by Crippen LogP contribution is -2.18. The van der Waals surface area contributed by atoms with Crippen LogP contribution in [0.1, 0.15) is 22.5 Å². The lowest BCUT2D eigenvalue weighted by atomic mass is 10.1. The van der Waals surface area contributed by atoms with Gasteiger partial charge in [-0.1, -0.05) is 12.1 Å². The lowest BCUT2D eigenvalue weighted by Gasteiger charge is -2.17. The number of aromatic nitrogens is 2. The fraction of sp³-hybridized carbons (Fsp3) is 0.438. The van der Waals surface area contributed by atoms with Gasteiger partial charge in [0.15, 0.2) is 0 Å². The van der Waals surface area contributed by atoms with E-state index in [2.05, 4.69) is 43.0 Å². The molecule has 0 fully saturated rings. The molecule has 0 unspecified atom stereocenters. The molecule has 1 aromatic heterocycles. The molecule has 0 spiro atoms. The van der Waals surface area contributed by atoms with E-state index in [1.165, 1.54) is 16.8 Å². The van der Waals surface area contributed by atoms with E-state index < -0.39 is 0 Å². The number of methoxy groups -OCH3 is 1. The second-order valence-electron chi connectivity index (χ2n) is 5.30. The number of aryl methyl sites for hydroxylation is 2. The first-order valence-corrected chi connectivity index (χ1v) is 6.81. The van der Waals surface area contributed by atoms with Crippen molar-refractivity contribution in [2.45, 2.75) is 26.9 Å². The summed E-state index contributed by atoms with van der Waals surface area (Å²) in [7, 11) is 5.82. The van der Waals surface area contributed by atoms with Crippen LogP contribution in [-0.2, 0) is 20.1 Å². The summed E-state index contributed by atoms with van der Waals surface area (Å²) in [6.45, 7) is 5.99. The molecule has 4 nitrogen and oxygen atoms in total. The van der Waals surface area contributed by atoms with Crippen LogP contribution in [0.2, 0.25) is 0 Å². The first-order valence-electron chi connectivity index (χ1n) is 6.81. The van der Waals surface area contributed by atoms with Crippen LogP contribution >= 0.6 is 0 Å². The van der Waals surface area contributed by atoms with Crippen LogP contribution in [0.3, 0.4) is 0 Å². The number of nitrogens with zero attached hydrogens (tertiary/aromatic N) is 3. The Morgan fingerprint density at radius 3 is 2.60 bits per heavy atom. The summed E-state index contributed by atoms with van der Waals surface area (Å²) in [6.07, 6.45) is 0. The summed E-state index contributed by atoms with van der Waals surface area (Å²) in [5.74, 6) is 0.907. The van der Waals surface area contributed by atoms with E-state index in [9.17, 15) is 0 Å². The molecule has 2 rings (SSSR count). The molecule has 0 atom stereocenters. The van der Waals surface area contributed by atoms with Gasteiger partial charge in [0.2, 0.25) is 0 Å². The maximum atomic E-state index is 5.26. The molecule has 1 aromatic carbocycles. The van der Waals surface area contributed by atoms with Gasteiger partial charge in [-0.3, -0.25) is 9.58 Å². The molecule has 2 aromatic rings. The number of rotatable bonds is 5. The largest absolute Gasteiger partial charge is 0.497 e. The Morgan fingerprint density at radius 1 is 1.25 bits per heavy atom. The van der Waals surface area contributed by atoms with Crippen LogP contribution in [0.5, 0.6) is 5.75 Å². The summed E-state index contributed by atoms with van der Waals surface area (Å²) in [5.41, 5.74) is 4.92. The van der Waals surface area contributed by atoms with Gasteiger partial charge >= 0.3 is 0 Å². The highest BCUT2D eigenvalue weighted by molar-refractivity contribution is 5.29. The maximum Gasteiger partial charge on any atom is 0.119 e. The van der Waals surface area contributed by atoms with Crippen molar-refractivity contribution in [2.24, 2.45) is 7.05 Å². The van der Waals surface area contributed by atoms with Crippen molar-refractivity contribution in [3.8, 4) is 5.75 Å². The zero-order valence-corrected chi connectivity index (χ0v) is 13.0. The number of ether oxygens (including phenoxy) is 1. The Bertz CT molecular complexity index is 589. The van der Waals surface area contributed by atoms with Crippen molar-refractivity contribution in [1.29, 1.82) is 0 Å². The molecule has 0 saturated carbocycles. The van der Waals surface area contributed by atoms with E-state index in [1.54, 1.807) is 7.11 Å². The molecule has 0 N–H and O–H groups in total. The molecule has 0 aliphatic rings. The molecule has 4 heteroatoms. The average Bonchev–Trinajstić information content (AvgIpc) is 2.65. The first-order chi connectivity index (χ1) is 9.51. The van der Waals surface area contributed by atoms with Gasteiger partial charge in [0.1, 0.15) is 5.75 Å². The zero-order chi connectivity index (χ0) is 14.7. The van der Waals surface area contributed by atoms with Crippen molar-refractivity contribution >= 4 is 0 Å². The Hall–Kier alpha value is -1.81. The van der Waals surface area contributed by atoms with Crippen LogP contribution < -0.4 is 4.74 Å². The van der Waals surface area contributed by atoms with Gasteiger partial charge in [-0.25, -0.2) is 0 Å². The van der Waals surface area contributed by atoms with Crippen LogP contribution in [0.15, 0.2) is 24.3 Å². The number of benzene rings is 1. The van der Waals surface area contributed by atoms with Crippen LogP contribution in [-0.4, -0.2) is 28.8 Å². The van der Waals surface area contributed by atoms with Gasteiger partial charge < -0.3 is 4.74 Å². The van der Waals surface area contributed by atoms with E-state index >= 15 is 0 Å². The van der Waals surface area contributed by atoms with Crippen LogP contribution in [0.25, 0.3) is 0 Å². The van der Waals surface area contributed by atoms with Gasteiger partial charge in [-0.15, -0.1) is 0 Å². The molecule has 0 radical (unpaired) electrons. The summed E-state index contributed by atoms with van der Waals surface area (Å²) < 4.78 is 7.21. The molecule has 20 heavy (non-hydrogen) atoms. The van der Waals surface area contributed by atoms with Crippen molar-refractivity contribution in [3.63, 3.8) is 0 Å². The Morgan fingerprint density at radius 2 is 2.00 bits per heavy atom. The topological polar surface area (TPSA) is 30.3 Å². The van der Waals surface area contributed by atoms with Gasteiger partial charge in [0.25, 0.3) is 0 Å². The fourth-order valence-electron chi connectivity index (χ4n) is 2.45. The Kier molecular flexibility index (Phi) is 4.45. The normalized spacial score (nSPS) is 11.1. The van der Waals surface area contributed by atoms with E-state index in [4.69, 9.17) is 4.74 Å². The quantitative estimate of drug-likeness (QED) is 0.839. The standard InChI is InChI=1S/C16H23N3O/c1-12-16(13(2)19(4)17-12)11-18(3)10-14-7-6-8-15(9-14)20-5/h6-9H,10-11H2,1-5H3. The monoisotopic (exact) mass is 273 g/mol.